The molecule has 5 heteroatoms. The predicted octanol–water partition coefficient (Wildman–Crippen LogP) is 1.02. The van der Waals surface area contributed by atoms with Crippen LogP contribution in [0, 0.1) is 0 Å². The average molecular weight is 259 g/mol. The van der Waals surface area contributed by atoms with Crippen molar-refractivity contribution >= 4 is 16.8 Å². The summed E-state index contributed by atoms with van der Waals surface area (Å²) in [4.78, 5) is 13.9. The summed E-state index contributed by atoms with van der Waals surface area (Å²) in [6.07, 6.45) is 3.04. The van der Waals surface area contributed by atoms with Gasteiger partial charge < -0.3 is 10.0 Å². The summed E-state index contributed by atoms with van der Waals surface area (Å²) in [6.45, 7) is 1.41. The first-order valence-electron chi connectivity index (χ1n) is 6.60. The van der Waals surface area contributed by atoms with Crippen LogP contribution in [0.2, 0.25) is 0 Å². The molecule has 1 amide bonds. The maximum absolute atomic E-state index is 12.2. The molecule has 1 saturated heterocycles. The largest absolute Gasteiger partial charge is 0.391 e. The summed E-state index contributed by atoms with van der Waals surface area (Å²) in [5.41, 5.74) is 0.966. The molecule has 1 aliphatic rings. The molecule has 5 nitrogen and oxygen atoms in total. The van der Waals surface area contributed by atoms with Gasteiger partial charge in [0.05, 0.1) is 17.8 Å². The van der Waals surface area contributed by atoms with Gasteiger partial charge in [-0.2, -0.15) is 5.10 Å². The van der Waals surface area contributed by atoms with Crippen molar-refractivity contribution in [2.45, 2.75) is 25.5 Å². The quantitative estimate of drug-likeness (QED) is 0.876. The SMILES string of the molecule is O=C(Cn1ncc2ccccc21)N1CCCC(O)C1. The fraction of sp³-hybridized carbons (Fsp3) is 0.429. The van der Waals surface area contributed by atoms with Crippen LogP contribution in [-0.2, 0) is 11.3 Å². The van der Waals surface area contributed by atoms with Gasteiger partial charge in [0, 0.05) is 18.5 Å². The van der Waals surface area contributed by atoms with Crippen LogP contribution in [0.3, 0.4) is 0 Å². The third-order valence-electron chi connectivity index (χ3n) is 3.59. The van der Waals surface area contributed by atoms with Gasteiger partial charge in [0.25, 0.3) is 0 Å². The molecule has 0 spiro atoms. The lowest BCUT2D eigenvalue weighted by Gasteiger charge is -2.30. The number of β-amino-alcohol motifs (C(OH)–C–C–N with tert-alkyl or cyclic N) is 1. The van der Waals surface area contributed by atoms with Crippen molar-refractivity contribution in [1.29, 1.82) is 0 Å². The van der Waals surface area contributed by atoms with Crippen LogP contribution >= 0.6 is 0 Å². The molecule has 2 heterocycles. The minimum Gasteiger partial charge on any atom is -0.391 e. The number of nitrogens with zero attached hydrogens (tertiary/aromatic N) is 3. The molecule has 19 heavy (non-hydrogen) atoms. The van der Waals surface area contributed by atoms with E-state index in [1.165, 1.54) is 0 Å². The van der Waals surface area contributed by atoms with Crippen LogP contribution in [0.4, 0.5) is 0 Å². The first-order chi connectivity index (χ1) is 9.24. The van der Waals surface area contributed by atoms with E-state index in [4.69, 9.17) is 0 Å². The Kier molecular flexibility index (Phi) is 3.21. The highest BCUT2D eigenvalue weighted by molar-refractivity contribution is 5.82. The Hall–Kier alpha value is -1.88. The first-order valence-corrected chi connectivity index (χ1v) is 6.60. The minimum absolute atomic E-state index is 0.0209. The maximum Gasteiger partial charge on any atom is 0.244 e. The molecule has 1 aromatic heterocycles. The number of carbonyl (C=O) groups excluding carboxylic acids is 1. The maximum atomic E-state index is 12.2. The molecule has 2 aromatic rings. The number of aliphatic hydroxyl groups excluding tert-OH is 1. The van der Waals surface area contributed by atoms with Crippen LogP contribution in [0.5, 0.6) is 0 Å². The van der Waals surface area contributed by atoms with E-state index in [2.05, 4.69) is 5.10 Å². The molecular weight excluding hydrogens is 242 g/mol. The fourth-order valence-corrected chi connectivity index (χ4v) is 2.56. The molecule has 3 rings (SSSR count). The van der Waals surface area contributed by atoms with Crippen molar-refractivity contribution in [2.24, 2.45) is 0 Å². The lowest BCUT2D eigenvalue weighted by Crippen LogP contribution is -2.43. The monoisotopic (exact) mass is 259 g/mol. The number of rotatable bonds is 2. The number of benzene rings is 1. The number of para-hydroxylation sites is 1. The van der Waals surface area contributed by atoms with E-state index in [1.807, 2.05) is 24.3 Å². The van der Waals surface area contributed by atoms with E-state index in [0.717, 1.165) is 30.3 Å². The van der Waals surface area contributed by atoms with Gasteiger partial charge in [-0.15, -0.1) is 0 Å². The Morgan fingerprint density at radius 1 is 1.42 bits per heavy atom. The van der Waals surface area contributed by atoms with Crippen molar-refractivity contribution < 1.29 is 9.90 Å². The molecule has 1 unspecified atom stereocenters. The van der Waals surface area contributed by atoms with Gasteiger partial charge in [-0.3, -0.25) is 9.48 Å². The average Bonchev–Trinajstić information content (AvgIpc) is 2.82. The van der Waals surface area contributed by atoms with E-state index >= 15 is 0 Å². The summed E-state index contributed by atoms with van der Waals surface area (Å²) in [5, 5.41) is 14.9. The minimum atomic E-state index is -0.382. The lowest BCUT2D eigenvalue weighted by atomic mass is 10.1. The van der Waals surface area contributed by atoms with Crippen molar-refractivity contribution in [2.75, 3.05) is 13.1 Å². The van der Waals surface area contributed by atoms with Crippen LogP contribution in [0.15, 0.2) is 30.5 Å². The topological polar surface area (TPSA) is 58.4 Å². The van der Waals surface area contributed by atoms with Gasteiger partial charge in [0.1, 0.15) is 6.54 Å². The third-order valence-corrected chi connectivity index (χ3v) is 3.59. The van der Waals surface area contributed by atoms with Gasteiger partial charge >= 0.3 is 0 Å². The highest BCUT2D eigenvalue weighted by atomic mass is 16.3. The Morgan fingerprint density at radius 2 is 2.26 bits per heavy atom. The van der Waals surface area contributed by atoms with Crippen molar-refractivity contribution in [1.82, 2.24) is 14.7 Å². The van der Waals surface area contributed by atoms with Crippen molar-refractivity contribution in [3.63, 3.8) is 0 Å². The van der Waals surface area contributed by atoms with Gasteiger partial charge in [-0.05, 0) is 18.9 Å². The third kappa shape index (κ3) is 2.46. The summed E-state index contributed by atoms with van der Waals surface area (Å²) in [7, 11) is 0. The Labute approximate surface area is 111 Å². The van der Waals surface area contributed by atoms with Gasteiger partial charge in [0.2, 0.25) is 5.91 Å². The standard InChI is InChI=1S/C14H17N3O2/c18-12-5-3-7-16(9-12)14(19)10-17-13-6-2-1-4-11(13)8-15-17/h1-2,4,6,8,12,18H,3,5,7,9-10H2. The van der Waals surface area contributed by atoms with Gasteiger partial charge in [-0.1, -0.05) is 18.2 Å². The number of carbonyl (C=O) groups is 1. The number of likely N-dealkylation sites (tertiary alicyclic amines) is 1. The highest BCUT2D eigenvalue weighted by Crippen LogP contribution is 2.14. The molecule has 1 aliphatic heterocycles. The van der Waals surface area contributed by atoms with E-state index < -0.39 is 0 Å². The predicted molar refractivity (Wildman–Crippen MR) is 71.6 cm³/mol. The molecule has 1 N–H and O–H groups in total. The second kappa shape index (κ2) is 5.01. The molecule has 0 saturated carbocycles. The molecule has 1 fully saturated rings. The second-order valence-corrected chi connectivity index (χ2v) is 5.00. The molecule has 0 aliphatic carbocycles. The number of piperidine rings is 1. The molecule has 0 bridgehead atoms. The zero-order valence-electron chi connectivity index (χ0n) is 10.7. The van der Waals surface area contributed by atoms with Crippen LogP contribution < -0.4 is 0 Å². The highest BCUT2D eigenvalue weighted by Gasteiger charge is 2.22. The number of hydrogen-bond donors (Lipinski definition) is 1. The molecule has 1 aromatic carbocycles. The van der Waals surface area contributed by atoms with Crippen LogP contribution in [0.25, 0.3) is 10.9 Å². The number of amides is 1. The number of fused-ring (bicyclic) bond motifs is 1. The molecule has 1 atom stereocenters. The van der Waals surface area contributed by atoms with Crippen molar-refractivity contribution in [3.8, 4) is 0 Å². The summed E-state index contributed by atoms with van der Waals surface area (Å²) in [5.74, 6) is 0.0209. The van der Waals surface area contributed by atoms with Crippen LogP contribution in [-0.4, -0.2) is 44.9 Å². The zero-order chi connectivity index (χ0) is 13.2. The second-order valence-electron chi connectivity index (χ2n) is 5.00. The number of aliphatic hydroxyl groups is 1. The fourth-order valence-electron chi connectivity index (χ4n) is 2.56. The van der Waals surface area contributed by atoms with E-state index in [0.29, 0.717) is 6.54 Å². The van der Waals surface area contributed by atoms with Gasteiger partial charge in [-0.25, -0.2) is 0 Å². The lowest BCUT2D eigenvalue weighted by molar-refractivity contribution is -0.135. The normalized spacial score (nSPS) is 19.8. The molecular formula is C14H17N3O2. The summed E-state index contributed by atoms with van der Waals surface area (Å²) < 4.78 is 1.72. The van der Waals surface area contributed by atoms with E-state index in [1.54, 1.807) is 15.8 Å². The van der Waals surface area contributed by atoms with E-state index in [9.17, 15) is 9.90 Å². The zero-order valence-corrected chi connectivity index (χ0v) is 10.7. The van der Waals surface area contributed by atoms with Gasteiger partial charge in [0.15, 0.2) is 0 Å². The molecule has 0 radical (unpaired) electrons. The van der Waals surface area contributed by atoms with Crippen molar-refractivity contribution in [3.05, 3.63) is 30.5 Å². The molecule has 100 valence electrons. The first kappa shape index (κ1) is 12.2. The summed E-state index contributed by atoms with van der Waals surface area (Å²) >= 11 is 0. The van der Waals surface area contributed by atoms with Crippen LogP contribution in [0.1, 0.15) is 12.8 Å². The summed E-state index contributed by atoms with van der Waals surface area (Å²) in [6, 6.07) is 7.83. The smallest absolute Gasteiger partial charge is 0.244 e. The Bertz CT molecular complexity index is 593. The van der Waals surface area contributed by atoms with E-state index in [-0.39, 0.29) is 18.6 Å². The number of aromatic nitrogens is 2. The number of hydrogen-bond acceptors (Lipinski definition) is 3. The Morgan fingerprint density at radius 3 is 3.11 bits per heavy atom. The Balaban J connectivity index is 1.75.